The Morgan fingerprint density at radius 2 is 1.82 bits per heavy atom. The van der Waals surface area contributed by atoms with Crippen molar-refractivity contribution in [2.45, 2.75) is 6.42 Å². The lowest BCUT2D eigenvalue weighted by Gasteiger charge is -2.09. The van der Waals surface area contributed by atoms with Crippen molar-refractivity contribution >= 4 is 51.8 Å². The Kier molecular flexibility index (Phi) is 4.57. The van der Waals surface area contributed by atoms with Crippen molar-refractivity contribution in [1.82, 2.24) is 0 Å². The van der Waals surface area contributed by atoms with Gasteiger partial charge in [-0.05, 0) is 40.9 Å². The second-order valence-corrected chi connectivity index (χ2v) is 5.56. The Morgan fingerprint density at radius 1 is 1.06 bits per heavy atom. The molecule has 2 rings (SSSR count). The lowest BCUT2D eigenvalue weighted by atomic mass is 10.2. The first-order chi connectivity index (χ1) is 8.16. The number of hydrogen-bond acceptors (Lipinski definition) is 2. The molecular weight excluding hydrogens is 297 g/mol. The molecule has 0 aliphatic rings. The summed E-state index contributed by atoms with van der Waals surface area (Å²) in [5.41, 5.74) is 2.13. The van der Waals surface area contributed by atoms with Gasteiger partial charge in [-0.2, -0.15) is 11.3 Å². The minimum absolute atomic E-state index is 0.472. The van der Waals surface area contributed by atoms with Crippen molar-refractivity contribution in [2.24, 2.45) is 0 Å². The highest BCUT2D eigenvalue weighted by atomic mass is 35.5. The summed E-state index contributed by atoms with van der Waals surface area (Å²) in [4.78, 5) is 0. The summed E-state index contributed by atoms with van der Waals surface area (Å²) < 4.78 is 0. The van der Waals surface area contributed by atoms with Gasteiger partial charge in [0.15, 0.2) is 0 Å². The largest absolute Gasteiger partial charge is 0.383 e. The van der Waals surface area contributed by atoms with E-state index in [9.17, 15) is 0 Å². The smallest absolute Gasteiger partial charge is 0.0653 e. The van der Waals surface area contributed by atoms with Gasteiger partial charge in [-0.1, -0.05) is 34.8 Å². The van der Waals surface area contributed by atoms with Crippen molar-refractivity contribution < 1.29 is 0 Å². The fourth-order valence-corrected chi connectivity index (χ4v) is 2.75. The van der Waals surface area contributed by atoms with Crippen molar-refractivity contribution in [3.05, 3.63) is 49.6 Å². The van der Waals surface area contributed by atoms with E-state index in [-0.39, 0.29) is 0 Å². The maximum Gasteiger partial charge on any atom is 0.0653 e. The van der Waals surface area contributed by atoms with Crippen molar-refractivity contribution in [1.29, 1.82) is 0 Å². The summed E-state index contributed by atoms with van der Waals surface area (Å²) in [6.07, 6.45) is 0.958. The van der Waals surface area contributed by atoms with Gasteiger partial charge in [-0.3, -0.25) is 0 Å². The highest BCUT2D eigenvalue weighted by Gasteiger charge is 2.05. The van der Waals surface area contributed by atoms with Gasteiger partial charge in [0, 0.05) is 6.54 Å². The molecule has 5 heteroatoms. The first kappa shape index (κ1) is 13.0. The van der Waals surface area contributed by atoms with Gasteiger partial charge in [0.1, 0.15) is 0 Å². The van der Waals surface area contributed by atoms with Crippen molar-refractivity contribution in [3.8, 4) is 0 Å². The average Bonchev–Trinajstić information content (AvgIpc) is 2.78. The van der Waals surface area contributed by atoms with Gasteiger partial charge < -0.3 is 5.32 Å². The summed E-state index contributed by atoms with van der Waals surface area (Å²) in [6, 6.07) is 5.51. The number of benzene rings is 1. The molecule has 0 spiro atoms. The SMILES string of the molecule is Clc1cc(Cl)c(NCCc2ccsc2)cc1Cl. The summed E-state index contributed by atoms with van der Waals surface area (Å²) in [5, 5.41) is 9.03. The summed E-state index contributed by atoms with van der Waals surface area (Å²) in [6.45, 7) is 0.814. The minimum Gasteiger partial charge on any atom is -0.383 e. The maximum atomic E-state index is 6.06. The fourth-order valence-electron chi connectivity index (χ4n) is 1.43. The van der Waals surface area contributed by atoms with Gasteiger partial charge in [0.2, 0.25) is 0 Å². The van der Waals surface area contributed by atoms with Crippen LogP contribution in [0, 0.1) is 0 Å². The Hall–Kier alpha value is -0.410. The predicted octanol–water partition coefficient (Wildman–Crippen LogP) is 5.36. The Bertz CT molecular complexity index is 497. The topological polar surface area (TPSA) is 12.0 Å². The predicted molar refractivity (Wildman–Crippen MR) is 78.0 cm³/mol. The number of thiophene rings is 1. The van der Waals surface area contributed by atoms with Crippen LogP contribution in [0.1, 0.15) is 5.56 Å². The third-order valence-corrected chi connectivity index (χ3v) is 4.09. The highest BCUT2D eigenvalue weighted by Crippen LogP contribution is 2.32. The average molecular weight is 307 g/mol. The van der Waals surface area contributed by atoms with E-state index in [1.54, 1.807) is 23.5 Å². The van der Waals surface area contributed by atoms with Crippen LogP contribution in [0.2, 0.25) is 15.1 Å². The molecule has 90 valence electrons. The lowest BCUT2D eigenvalue weighted by molar-refractivity contribution is 1.03. The molecule has 17 heavy (non-hydrogen) atoms. The Balaban J connectivity index is 1.97. The van der Waals surface area contributed by atoms with Crippen LogP contribution in [0.15, 0.2) is 29.0 Å². The number of nitrogens with one attached hydrogen (secondary N) is 1. The number of halogens is 3. The molecule has 0 radical (unpaired) electrons. The molecule has 1 aromatic heterocycles. The summed E-state index contributed by atoms with van der Waals surface area (Å²) >= 11 is 19.6. The molecule has 0 aliphatic heterocycles. The van der Waals surface area contributed by atoms with Crippen LogP contribution in [0.5, 0.6) is 0 Å². The second kappa shape index (κ2) is 5.96. The molecular formula is C12H10Cl3NS. The molecule has 2 aromatic rings. The Labute approximate surface area is 119 Å². The maximum absolute atomic E-state index is 6.06. The van der Waals surface area contributed by atoms with Crippen LogP contribution >= 0.6 is 46.1 Å². The van der Waals surface area contributed by atoms with E-state index in [0.29, 0.717) is 15.1 Å². The highest BCUT2D eigenvalue weighted by molar-refractivity contribution is 7.07. The Morgan fingerprint density at radius 3 is 2.53 bits per heavy atom. The number of hydrogen-bond donors (Lipinski definition) is 1. The summed E-state index contributed by atoms with van der Waals surface area (Å²) in [7, 11) is 0. The molecule has 1 heterocycles. The molecule has 1 nitrogen and oxygen atoms in total. The van der Waals surface area contributed by atoms with E-state index < -0.39 is 0 Å². The molecule has 0 atom stereocenters. The molecule has 0 fully saturated rings. The lowest BCUT2D eigenvalue weighted by Crippen LogP contribution is -2.04. The molecule has 1 aromatic carbocycles. The zero-order valence-electron chi connectivity index (χ0n) is 8.84. The van der Waals surface area contributed by atoms with E-state index in [1.807, 2.05) is 0 Å². The van der Waals surface area contributed by atoms with E-state index in [2.05, 4.69) is 22.1 Å². The van der Waals surface area contributed by atoms with Gasteiger partial charge in [-0.25, -0.2) is 0 Å². The molecule has 0 amide bonds. The van der Waals surface area contributed by atoms with Crippen LogP contribution in [0.3, 0.4) is 0 Å². The minimum atomic E-state index is 0.472. The molecule has 0 aliphatic carbocycles. The number of rotatable bonds is 4. The van der Waals surface area contributed by atoms with Crippen LogP contribution in [0.4, 0.5) is 5.69 Å². The zero-order chi connectivity index (χ0) is 12.3. The molecule has 0 saturated heterocycles. The van der Waals surface area contributed by atoms with Crippen LogP contribution in [-0.4, -0.2) is 6.54 Å². The first-order valence-corrected chi connectivity index (χ1v) is 7.14. The van der Waals surface area contributed by atoms with Gasteiger partial charge in [-0.15, -0.1) is 0 Å². The molecule has 1 N–H and O–H groups in total. The third-order valence-electron chi connectivity index (χ3n) is 2.32. The van der Waals surface area contributed by atoms with E-state index in [1.165, 1.54) is 5.56 Å². The number of anilines is 1. The van der Waals surface area contributed by atoms with Gasteiger partial charge >= 0.3 is 0 Å². The molecule has 0 bridgehead atoms. The first-order valence-electron chi connectivity index (χ1n) is 5.06. The standard InChI is InChI=1S/C12H10Cl3NS/c13-9-5-11(15)12(6-10(9)14)16-3-1-8-2-4-17-7-8/h2,4-7,16H,1,3H2. The second-order valence-electron chi connectivity index (χ2n) is 3.55. The van der Waals surface area contributed by atoms with Crippen LogP contribution < -0.4 is 5.32 Å². The zero-order valence-corrected chi connectivity index (χ0v) is 11.9. The molecule has 0 unspecified atom stereocenters. The van der Waals surface area contributed by atoms with Crippen molar-refractivity contribution in [3.63, 3.8) is 0 Å². The van der Waals surface area contributed by atoms with Gasteiger partial charge in [0.05, 0.1) is 20.8 Å². The van der Waals surface area contributed by atoms with Crippen LogP contribution in [-0.2, 0) is 6.42 Å². The molecule has 0 saturated carbocycles. The van der Waals surface area contributed by atoms with Crippen LogP contribution in [0.25, 0.3) is 0 Å². The van der Waals surface area contributed by atoms with E-state index in [4.69, 9.17) is 34.8 Å². The fraction of sp³-hybridized carbons (Fsp3) is 0.167. The van der Waals surface area contributed by atoms with Gasteiger partial charge in [0.25, 0.3) is 0 Å². The quantitative estimate of drug-likeness (QED) is 0.749. The summed E-state index contributed by atoms with van der Waals surface area (Å²) in [5.74, 6) is 0. The normalized spacial score (nSPS) is 10.5. The van der Waals surface area contributed by atoms with E-state index in [0.717, 1.165) is 18.7 Å². The van der Waals surface area contributed by atoms with E-state index >= 15 is 0 Å². The third kappa shape index (κ3) is 3.52. The monoisotopic (exact) mass is 305 g/mol. The van der Waals surface area contributed by atoms with Crippen molar-refractivity contribution in [2.75, 3.05) is 11.9 Å².